The van der Waals surface area contributed by atoms with Gasteiger partial charge in [0, 0.05) is 5.56 Å². The SMILES string of the molecule is CC[C@H](C(=O)N[C@H](C)c1cc(OC)ccc1OC)N(c1ccc(OC)cc1)S(C)(=O)=O. The second-order valence-corrected chi connectivity index (χ2v) is 8.88. The molecule has 1 N–H and O–H groups in total. The maximum absolute atomic E-state index is 13.2. The van der Waals surface area contributed by atoms with Crippen molar-refractivity contribution in [2.24, 2.45) is 0 Å². The molecule has 0 fully saturated rings. The van der Waals surface area contributed by atoms with Crippen LogP contribution in [0.15, 0.2) is 42.5 Å². The third-order valence-electron chi connectivity index (χ3n) is 4.92. The van der Waals surface area contributed by atoms with Gasteiger partial charge in [-0.1, -0.05) is 6.92 Å². The highest BCUT2D eigenvalue weighted by Crippen LogP contribution is 2.30. The van der Waals surface area contributed by atoms with Crippen LogP contribution in [-0.2, 0) is 14.8 Å². The number of amides is 1. The van der Waals surface area contributed by atoms with Crippen molar-refractivity contribution in [3.8, 4) is 17.2 Å². The van der Waals surface area contributed by atoms with Crippen LogP contribution >= 0.6 is 0 Å². The van der Waals surface area contributed by atoms with Gasteiger partial charge >= 0.3 is 0 Å². The van der Waals surface area contributed by atoms with Gasteiger partial charge in [-0.3, -0.25) is 9.10 Å². The highest BCUT2D eigenvalue weighted by Gasteiger charge is 2.32. The van der Waals surface area contributed by atoms with E-state index in [0.717, 1.165) is 16.1 Å². The van der Waals surface area contributed by atoms with Crippen LogP contribution in [0.25, 0.3) is 0 Å². The Bertz CT molecular complexity index is 992. The standard InChI is InChI=1S/C22H30N2O6S/c1-7-20(24(31(6,26)27)16-8-10-17(28-3)11-9-16)22(25)23-15(2)19-14-18(29-4)12-13-21(19)30-5/h8-15,20H,7H2,1-6H3,(H,23,25)/t15-,20-/m1/s1. The van der Waals surface area contributed by atoms with Gasteiger partial charge in [0.15, 0.2) is 0 Å². The number of hydrogen-bond acceptors (Lipinski definition) is 6. The van der Waals surface area contributed by atoms with E-state index in [0.29, 0.717) is 22.9 Å². The van der Waals surface area contributed by atoms with Crippen molar-refractivity contribution < 1.29 is 27.4 Å². The maximum atomic E-state index is 13.2. The molecule has 0 unspecified atom stereocenters. The molecule has 0 aliphatic heterocycles. The molecule has 0 heterocycles. The Morgan fingerprint density at radius 3 is 2.06 bits per heavy atom. The summed E-state index contributed by atoms with van der Waals surface area (Å²) in [5.41, 5.74) is 1.11. The Balaban J connectivity index is 2.35. The van der Waals surface area contributed by atoms with E-state index in [1.54, 1.807) is 70.5 Å². The van der Waals surface area contributed by atoms with Crippen LogP contribution in [0.2, 0.25) is 0 Å². The van der Waals surface area contributed by atoms with Gasteiger partial charge in [0.05, 0.1) is 39.3 Å². The second kappa shape index (κ2) is 10.4. The number of nitrogens with zero attached hydrogens (tertiary/aromatic N) is 1. The topological polar surface area (TPSA) is 94.2 Å². The van der Waals surface area contributed by atoms with Crippen molar-refractivity contribution in [1.29, 1.82) is 0 Å². The minimum Gasteiger partial charge on any atom is -0.497 e. The molecular weight excluding hydrogens is 420 g/mol. The molecule has 0 aliphatic carbocycles. The van der Waals surface area contributed by atoms with Crippen LogP contribution in [0.3, 0.4) is 0 Å². The smallest absolute Gasteiger partial charge is 0.244 e. The molecule has 2 aromatic rings. The minimum atomic E-state index is -3.73. The monoisotopic (exact) mass is 450 g/mol. The van der Waals surface area contributed by atoms with Gasteiger partial charge < -0.3 is 19.5 Å². The fourth-order valence-corrected chi connectivity index (χ4v) is 4.57. The van der Waals surface area contributed by atoms with Crippen LogP contribution in [0, 0.1) is 0 Å². The molecule has 0 saturated carbocycles. The van der Waals surface area contributed by atoms with E-state index in [2.05, 4.69) is 5.32 Å². The molecule has 9 heteroatoms. The van der Waals surface area contributed by atoms with Crippen LogP contribution in [0.4, 0.5) is 5.69 Å². The summed E-state index contributed by atoms with van der Waals surface area (Å²) < 4.78 is 42.2. The zero-order valence-corrected chi connectivity index (χ0v) is 19.5. The molecule has 0 spiro atoms. The molecule has 1 amide bonds. The molecule has 2 atom stereocenters. The van der Waals surface area contributed by atoms with E-state index in [-0.39, 0.29) is 6.42 Å². The second-order valence-electron chi connectivity index (χ2n) is 7.02. The number of sulfonamides is 1. The summed E-state index contributed by atoms with van der Waals surface area (Å²) in [6, 6.07) is 10.5. The number of ether oxygens (including phenoxy) is 3. The first-order valence-electron chi connectivity index (χ1n) is 9.82. The average Bonchev–Trinajstić information content (AvgIpc) is 2.75. The lowest BCUT2D eigenvalue weighted by molar-refractivity contribution is -0.122. The van der Waals surface area contributed by atoms with Crippen LogP contribution in [0.1, 0.15) is 31.9 Å². The minimum absolute atomic E-state index is 0.285. The Morgan fingerprint density at radius 2 is 1.58 bits per heavy atom. The van der Waals surface area contributed by atoms with E-state index < -0.39 is 28.0 Å². The maximum Gasteiger partial charge on any atom is 0.244 e. The molecule has 0 bridgehead atoms. The van der Waals surface area contributed by atoms with Crippen molar-refractivity contribution >= 4 is 21.6 Å². The van der Waals surface area contributed by atoms with Gasteiger partial charge in [-0.2, -0.15) is 0 Å². The van der Waals surface area contributed by atoms with Crippen molar-refractivity contribution in [2.45, 2.75) is 32.4 Å². The van der Waals surface area contributed by atoms with E-state index in [9.17, 15) is 13.2 Å². The van der Waals surface area contributed by atoms with Crippen LogP contribution < -0.4 is 23.8 Å². The molecule has 0 radical (unpaired) electrons. The molecule has 0 aliphatic rings. The normalized spacial score (nSPS) is 13.1. The third kappa shape index (κ3) is 5.81. The van der Waals surface area contributed by atoms with Crippen molar-refractivity contribution in [1.82, 2.24) is 5.32 Å². The summed E-state index contributed by atoms with van der Waals surface area (Å²) in [6.45, 7) is 3.57. The van der Waals surface area contributed by atoms with E-state index in [1.165, 1.54) is 7.11 Å². The molecular formula is C22H30N2O6S. The van der Waals surface area contributed by atoms with E-state index in [4.69, 9.17) is 14.2 Å². The van der Waals surface area contributed by atoms with Gasteiger partial charge in [-0.15, -0.1) is 0 Å². The van der Waals surface area contributed by atoms with Crippen molar-refractivity contribution in [2.75, 3.05) is 31.9 Å². The molecule has 2 aromatic carbocycles. The molecule has 170 valence electrons. The lowest BCUT2D eigenvalue weighted by Gasteiger charge is -2.31. The van der Waals surface area contributed by atoms with Gasteiger partial charge in [-0.05, 0) is 55.8 Å². The van der Waals surface area contributed by atoms with Gasteiger partial charge in [0.1, 0.15) is 23.3 Å². The number of anilines is 1. The third-order valence-corrected chi connectivity index (χ3v) is 6.10. The van der Waals surface area contributed by atoms with E-state index in [1.807, 2.05) is 0 Å². The zero-order chi connectivity index (χ0) is 23.2. The summed E-state index contributed by atoms with van der Waals surface area (Å²) in [5.74, 6) is 1.39. The summed E-state index contributed by atoms with van der Waals surface area (Å²) in [7, 11) is 0.899. The first kappa shape index (κ1) is 24.3. The van der Waals surface area contributed by atoms with Crippen molar-refractivity contribution in [3.05, 3.63) is 48.0 Å². The number of rotatable bonds is 10. The molecule has 0 saturated heterocycles. The summed E-state index contributed by atoms with van der Waals surface area (Å²) in [6.07, 6.45) is 1.37. The fourth-order valence-electron chi connectivity index (χ4n) is 3.35. The highest BCUT2D eigenvalue weighted by molar-refractivity contribution is 7.92. The van der Waals surface area contributed by atoms with Gasteiger partial charge in [-0.25, -0.2) is 8.42 Å². The quantitative estimate of drug-likeness (QED) is 0.598. The predicted octanol–water partition coefficient (Wildman–Crippen LogP) is 3.13. The Hall–Kier alpha value is -2.94. The lowest BCUT2D eigenvalue weighted by atomic mass is 10.1. The van der Waals surface area contributed by atoms with Crippen LogP contribution in [-0.4, -0.2) is 48.0 Å². The number of nitrogens with one attached hydrogen (secondary N) is 1. The lowest BCUT2D eigenvalue weighted by Crippen LogP contribution is -2.49. The average molecular weight is 451 g/mol. The van der Waals surface area contributed by atoms with Crippen molar-refractivity contribution in [3.63, 3.8) is 0 Å². The van der Waals surface area contributed by atoms with Crippen LogP contribution in [0.5, 0.6) is 17.2 Å². The first-order chi connectivity index (χ1) is 14.7. The van der Waals surface area contributed by atoms with Gasteiger partial charge in [0.25, 0.3) is 0 Å². The Kier molecular flexibility index (Phi) is 8.15. The summed E-state index contributed by atoms with van der Waals surface area (Å²) in [4.78, 5) is 13.2. The number of benzene rings is 2. The van der Waals surface area contributed by atoms with Gasteiger partial charge in [0.2, 0.25) is 15.9 Å². The number of methoxy groups -OCH3 is 3. The summed E-state index contributed by atoms with van der Waals surface area (Å²) in [5, 5.41) is 2.91. The number of carbonyl (C=O) groups excluding carboxylic acids is 1. The number of carbonyl (C=O) groups is 1. The highest BCUT2D eigenvalue weighted by atomic mass is 32.2. The molecule has 31 heavy (non-hydrogen) atoms. The Labute approximate surface area is 184 Å². The fraction of sp³-hybridized carbons (Fsp3) is 0.409. The molecule has 0 aromatic heterocycles. The first-order valence-corrected chi connectivity index (χ1v) is 11.7. The Morgan fingerprint density at radius 1 is 1.00 bits per heavy atom. The molecule has 8 nitrogen and oxygen atoms in total. The summed E-state index contributed by atoms with van der Waals surface area (Å²) >= 11 is 0. The zero-order valence-electron chi connectivity index (χ0n) is 18.7. The molecule has 2 rings (SSSR count). The van der Waals surface area contributed by atoms with E-state index >= 15 is 0 Å². The number of hydrogen-bond donors (Lipinski definition) is 1. The largest absolute Gasteiger partial charge is 0.497 e. The predicted molar refractivity (Wildman–Crippen MR) is 120 cm³/mol.